The molecule has 0 aliphatic rings. The van der Waals surface area contributed by atoms with E-state index in [-0.39, 0.29) is 0 Å². The molecule has 0 aliphatic heterocycles. The van der Waals surface area contributed by atoms with E-state index in [2.05, 4.69) is 4.98 Å². The lowest BCUT2D eigenvalue weighted by Crippen LogP contribution is -2.10. The van der Waals surface area contributed by atoms with E-state index < -0.39 is 27.7 Å². The van der Waals surface area contributed by atoms with Crippen molar-refractivity contribution in [2.45, 2.75) is 11.1 Å². The number of alkyl halides is 3. The van der Waals surface area contributed by atoms with E-state index in [1.807, 2.05) is 0 Å². The third-order valence-electron chi connectivity index (χ3n) is 1.28. The summed E-state index contributed by atoms with van der Waals surface area (Å²) in [6.07, 6.45) is -2.99. The summed E-state index contributed by atoms with van der Waals surface area (Å²) in [5.74, 6) is 0. The molecular weight excluding hydrogens is 207 g/mol. The Morgan fingerprint density at radius 3 is 2.46 bits per heavy atom. The van der Waals surface area contributed by atoms with Crippen LogP contribution in [-0.2, 0) is 17.3 Å². The molecule has 0 saturated carbocycles. The number of aromatic nitrogens is 1. The summed E-state index contributed by atoms with van der Waals surface area (Å²) in [5.41, 5.74) is -1.14. The smallest absolute Gasteiger partial charge is 0.302 e. The van der Waals surface area contributed by atoms with Crippen LogP contribution < -0.4 is 0 Å². The van der Waals surface area contributed by atoms with Crippen LogP contribution in [0.15, 0.2) is 23.4 Å². The molecular formula is C6H4F3NO2S. The summed E-state index contributed by atoms with van der Waals surface area (Å²) >= 11 is -2.67. The lowest BCUT2D eigenvalue weighted by Gasteiger charge is -2.08. The number of rotatable bonds is 1. The number of hydrogen-bond donors (Lipinski definition) is 1. The zero-order chi connectivity index (χ0) is 10.1. The van der Waals surface area contributed by atoms with Crippen molar-refractivity contribution in [2.75, 3.05) is 0 Å². The lowest BCUT2D eigenvalue weighted by atomic mass is 10.3. The molecule has 0 aromatic carbocycles. The molecule has 0 fully saturated rings. The van der Waals surface area contributed by atoms with Gasteiger partial charge in [0.25, 0.3) is 0 Å². The monoisotopic (exact) mass is 211 g/mol. The van der Waals surface area contributed by atoms with Gasteiger partial charge >= 0.3 is 6.18 Å². The summed E-state index contributed by atoms with van der Waals surface area (Å²) in [6, 6.07) is 0.656. The van der Waals surface area contributed by atoms with Crippen molar-refractivity contribution >= 4 is 11.1 Å². The average Bonchev–Trinajstić information content (AvgIpc) is 2.03. The molecule has 3 nitrogen and oxygen atoms in total. The van der Waals surface area contributed by atoms with Crippen LogP contribution in [0.3, 0.4) is 0 Å². The van der Waals surface area contributed by atoms with E-state index in [1.54, 1.807) is 0 Å². The Bertz CT molecular complexity index is 339. The van der Waals surface area contributed by atoms with Crippen LogP contribution in [0.4, 0.5) is 13.2 Å². The molecule has 1 rings (SSSR count). The molecule has 0 bridgehead atoms. The van der Waals surface area contributed by atoms with Gasteiger partial charge in [-0.15, -0.1) is 0 Å². The van der Waals surface area contributed by atoms with Gasteiger partial charge in [0.2, 0.25) is 0 Å². The minimum atomic E-state index is -4.63. The number of nitrogens with zero attached hydrogens (tertiary/aromatic N) is 1. The molecule has 1 heterocycles. The molecule has 0 aliphatic carbocycles. The topological polar surface area (TPSA) is 50.2 Å². The van der Waals surface area contributed by atoms with Gasteiger partial charge in [0.05, 0.1) is 10.5 Å². The number of hydrogen-bond acceptors (Lipinski definition) is 2. The van der Waals surface area contributed by atoms with Crippen molar-refractivity contribution in [3.05, 3.63) is 24.0 Å². The Labute approximate surface area is 73.9 Å². The predicted octanol–water partition coefficient (Wildman–Crippen LogP) is 1.68. The highest BCUT2D eigenvalue weighted by molar-refractivity contribution is 7.79. The SMILES string of the molecule is O=S(O)c1cnccc1C(F)(F)F. The fraction of sp³-hybridized carbons (Fsp3) is 0.167. The van der Waals surface area contributed by atoms with Gasteiger partial charge in [0.1, 0.15) is 0 Å². The largest absolute Gasteiger partial charge is 0.417 e. The molecule has 1 unspecified atom stereocenters. The molecule has 1 N–H and O–H groups in total. The minimum absolute atomic E-state index is 0.656. The van der Waals surface area contributed by atoms with Gasteiger partial charge in [0, 0.05) is 12.4 Å². The highest BCUT2D eigenvalue weighted by Crippen LogP contribution is 2.32. The van der Waals surface area contributed by atoms with E-state index in [1.165, 1.54) is 0 Å². The van der Waals surface area contributed by atoms with Crippen molar-refractivity contribution in [1.29, 1.82) is 0 Å². The summed E-state index contributed by atoms with van der Waals surface area (Å²) in [7, 11) is 0. The zero-order valence-corrected chi connectivity index (χ0v) is 6.89. The number of pyridine rings is 1. The molecule has 7 heteroatoms. The van der Waals surface area contributed by atoms with Crippen molar-refractivity contribution < 1.29 is 21.9 Å². The third kappa shape index (κ3) is 2.25. The van der Waals surface area contributed by atoms with Gasteiger partial charge < -0.3 is 4.55 Å². The van der Waals surface area contributed by atoms with Crippen molar-refractivity contribution in [3.8, 4) is 0 Å². The van der Waals surface area contributed by atoms with Crippen LogP contribution >= 0.6 is 0 Å². The van der Waals surface area contributed by atoms with Gasteiger partial charge in [-0.25, -0.2) is 4.21 Å². The van der Waals surface area contributed by atoms with Crippen molar-refractivity contribution in [1.82, 2.24) is 4.98 Å². The Kier molecular flexibility index (Phi) is 2.67. The normalized spacial score (nSPS) is 14.2. The van der Waals surface area contributed by atoms with Gasteiger partial charge in [-0.2, -0.15) is 13.2 Å². The van der Waals surface area contributed by atoms with Crippen molar-refractivity contribution in [3.63, 3.8) is 0 Å². The van der Waals surface area contributed by atoms with Crippen LogP contribution in [0.25, 0.3) is 0 Å². The summed E-state index contributed by atoms with van der Waals surface area (Å²) in [6.45, 7) is 0. The van der Waals surface area contributed by atoms with E-state index in [0.717, 1.165) is 12.4 Å². The second kappa shape index (κ2) is 3.43. The molecule has 13 heavy (non-hydrogen) atoms. The van der Waals surface area contributed by atoms with Crippen LogP contribution in [0, 0.1) is 0 Å². The molecule has 72 valence electrons. The maximum Gasteiger partial charge on any atom is 0.417 e. The Morgan fingerprint density at radius 2 is 2.08 bits per heavy atom. The molecule has 0 spiro atoms. The predicted molar refractivity (Wildman–Crippen MR) is 38.3 cm³/mol. The third-order valence-corrected chi connectivity index (χ3v) is 1.98. The Morgan fingerprint density at radius 1 is 1.46 bits per heavy atom. The van der Waals surface area contributed by atoms with Gasteiger partial charge in [-0.05, 0) is 6.07 Å². The fourth-order valence-electron chi connectivity index (χ4n) is 0.753. The van der Waals surface area contributed by atoms with E-state index in [0.29, 0.717) is 6.07 Å². The van der Waals surface area contributed by atoms with Gasteiger partial charge in [-0.3, -0.25) is 4.98 Å². The van der Waals surface area contributed by atoms with Gasteiger partial charge in [0.15, 0.2) is 11.1 Å². The molecule has 0 radical (unpaired) electrons. The summed E-state index contributed by atoms with van der Waals surface area (Å²) in [5, 5.41) is 0. The van der Waals surface area contributed by atoms with Gasteiger partial charge in [-0.1, -0.05) is 0 Å². The van der Waals surface area contributed by atoms with Crippen LogP contribution in [0.1, 0.15) is 5.56 Å². The molecule has 0 amide bonds. The van der Waals surface area contributed by atoms with Crippen LogP contribution in [0.5, 0.6) is 0 Å². The quantitative estimate of drug-likeness (QED) is 0.719. The first-order valence-electron chi connectivity index (χ1n) is 3.05. The Balaban J connectivity index is 3.28. The Hall–Kier alpha value is -0.950. The second-order valence-corrected chi connectivity index (χ2v) is 3.06. The molecule has 0 saturated heterocycles. The highest BCUT2D eigenvalue weighted by atomic mass is 32.2. The van der Waals surface area contributed by atoms with E-state index in [4.69, 9.17) is 4.55 Å². The van der Waals surface area contributed by atoms with Crippen LogP contribution in [-0.4, -0.2) is 13.7 Å². The first-order valence-corrected chi connectivity index (χ1v) is 4.15. The highest BCUT2D eigenvalue weighted by Gasteiger charge is 2.34. The van der Waals surface area contributed by atoms with Crippen LogP contribution in [0.2, 0.25) is 0 Å². The maximum absolute atomic E-state index is 12.1. The fourth-order valence-corrected chi connectivity index (χ4v) is 1.28. The zero-order valence-electron chi connectivity index (χ0n) is 6.08. The molecule has 1 aromatic rings. The summed E-state index contributed by atoms with van der Waals surface area (Å²) in [4.78, 5) is 2.60. The number of halogens is 3. The van der Waals surface area contributed by atoms with E-state index >= 15 is 0 Å². The second-order valence-electron chi connectivity index (χ2n) is 2.12. The molecule has 1 atom stereocenters. The summed E-state index contributed by atoms with van der Waals surface area (Å²) < 4.78 is 55.3. The van der Waals surface area contributed by atoms with Crippen molar-refractivity contribution in [2.24, 2.45) is 0 Å². The first-order chi connectivity index (χ1) is 5.93. The minimum Gasteiger partial charge on any atom is -0.302 e. The van der Waals surface area contributed by atoms with E-state index in [9.17, 15) is 17.4 Å². The average molecular weight is 211 g/mol. The standard InChI is InChI=1S/C6H4F3NO2S/c7-6(8,9)4-1-2-10-3-5(4)13(11)12/h1-3H,(H,11,12). The lowest BCUT2D eigenvalue weighted by molar-refractivity contribution is -0.140. The first kappa shape index (κ1) is 10.1. The maximum atomic E-state index is 12.1. The molecule has 1 aromatic heterocycles.